The number of aliphatic hydroxyl groups is 1. The summed E-state index contributed by atoms with van der Waals surface area (Å²) in [6.45, 7) is 2.10. The zero-order valence-corrected chi connectivity index (χ0v) is 19.0. The summed E-state index contributed by atoms with van der Waals surface area (Å²) in [6, 6.07) is 11.2. The van der Waals surface area contributed by atoms with Gasteiger partial charge in [0.25, 0.3) is 0 Å². The molecule has 5 rings (SSSR count). The highest BCUT2D eigenvalue weighted by Crippen LogP contribution is 2.36. The maximum atomic E-state index is 13.5. The quantitative estimate of drug-likeness (QED) is 0.642. The Balaban J connectivity index is 1.50. The van der Waals surface area contributed by atoms with Gasteiger partial charge in [0.1, 0.15) is 17.4 Å². The van der Waals surface area contributed by atoms with Gasteiger partial charge in [-0.3, -0.25) is 14.7 Å². The topological polar surface area (TPSA) is 80.0 Å². The lowest BCUT2D eigenvalue weighted by atomic mass is 9.91. The second-order valence-corrected chi connectivity index (χ2v) is 8.51. The number of benzene rings is 2. The number of fused-ring (bicyclic) bond motifs is 1. The Morgan fingerprint density at radius 2 is 1.97 bits per heavy atom. The van der Waals surface area contributed by atoms with Crippen LogP contribution in [0.4, 0.5) is 4.39 Å². The minimum atomic E-state index is -0.865. The molecule has 0 spiro atoms. The maximum Gasteiger partial charge on any atom is 0.229 e. The van der Waals surface area contributed by atoms with Crippen LogP contribution in [0.5, 0.6) is 5.75 Å². The van der Waals surface area contributed by atoms with E-state index in [0.717, 1.165) is 22.5 Å². The molecule has 1 amide bonds. The van der Waals surface area contributed by atoms with Gasteiger partial charge < -0.3 is 14.4 Å². The molecule has 2 aromatic carbocycles. The van der Waals surface area contributed by atoms with Gasteiger partial charge in [0, 0.05) is 12.6 Å². The molecule has 1 saturated heterocycles. The molecule has 1 fully saturated rings. The lowest BCUT2D eigenvalue weighted by molar-refractivity contribution is -0.132. The van der Waals surface area contributed by atoms with Crippen molar-refractivity contribution in [3.63, 3.8) is 0 Å². The number of ether oxygens (including phenoxy) is 1. The highest BCUT2D eigenvalue weighted by atomic mass is 19.1. The average molecular weight is 461 g/mol. The van der Waals surface area contributed by atoms with E-state index >= 15 is 0 Å². The van der Waals surface area contributed by atoms with Gasteiger partial charge in [-0.15, -0.1) is 0 Å². The summed E-state index contributed by atoms with van der Waals surface area (Å²) in [5, 5.41) is 10.7. The van der Waals surface area contributed by atoms with Crippen molar-refractivity contribution in [1.29, 1.82) is 0 Å². The first-order valence-corrected chi connectivity index (χ1v) is 11.1. The lowest BCUT2D eigenvalue weighted by Crippen LogP contribution is -2.51. The summed E-state index contributed by atoms with van der Waals surface area (Å²) in [5.41, 5.74) is 4.28. The number of aryl methyl sites for hydroxylation is 1. The fraction of sp³-hybridized carbons (Fsp3) is 0.269. The summed E-state index contributed by atoms with van der Waals surface area (Å²) in [5.74, 6) is 0.786. The molecular weight excluding hydrogens is 435 g/mol. The number of aromatic nitrogens is 2. The average Bonchev–Trinajstić information content (AvgIpc) is 3.27. The third kappa shape index (κ3) is 4.01. The van der Waals surface area contributed by atoms with Crippen LogP contribution in [0.15, 0.2) is 65.6 Å². The molecule has 7 nitrogen and oxygen atoms in total. The van der Waals surface area contributed by atoms with Crippen LogP contribution in [0.2, 0.25) is 0 Å². The van der Waals surface area contributed by atoms with Crippen LogP contribution in [-0.4, -0.2) is 51.1 Å². The van der Waals surface area contributed by atoms with Crippen LogP contribution in [0, 0.1) is 12.7 Å². The summed E-state index contributed by atoms with van der Waals surface area (Å²) >= 11 is 0. The molecule has 3 heterocycles. The van der Waals surface area contributed by atoms with E-state index in [1.807, 2.05) is 42.0 Å². The number of imidazole rings is 1. The van der Waals surface area contributed by atoms with E-state index in [1.54, 1.807) is 30.5 Å². The summed E-state index contributed by atoms with van der Waals surface area (Å²) < 4.78 is 21.0. The smallest absolute Gasteiger partial charge is 0.229 e. The molecule has 2 aliphatic rings. The van der Waals surface area contributed by atoms with Crippen LogP contribution in [0.3, 0.4) is 0 Å². The van der Waals surface area contributed by atoms with Gasteiger partial charge >= 0.3 is 0 Å². The summed E-state index contributed by atoms with van der Waals surface area (Å²) in [6.07, 6.45) is 5.66. The van der Waals surface area contributed by atoms with Crippen molar-refractivity contribution in [2.45, 2.75) is 31.9 Å². The zero-order chi connectivity index (χ0) is 23.8. The fourth-order valence-electron chi connectivity index (χ4n) is 4.58. The Kier molecular flexibility index (Phi) is 5.75. The number of piperidine rings is 1. The van der Waals surface area contributed by atoms with Crippen molar-refractivity contribution in [1.82, 2.24) is 14.5 Å². The van der Waals surface area contributed by atoms with Gasteiger partial charge in [-0.05, 0) is 60.4 Å². The summed E-state index contributed by atoms with van der Waals surface area (Å²) in [4.78, 5) is 23.3. The minimum Gasteiger partial charge on any atom is -0.495 e. The predicted molar refractivity (Wildman–Crippen MR) is 126 cm³/mol. The van der Waals surface area contributed by atoms with Gasteiger partial charge in [0.2, 0.25) is 5.91 Å². The Morgan fingerprint density at radius 1 is 1.18 bits per heavy atom. The van der Waals surface area contributed by atoms with Crippen molar-refractivity contribution in [2.75, 3.05) is 13.7 Å². The first kappa shape index (κ1) is 22.0. The van der Waals surface area contributed by atoms with E-state index in [4.69, 9.17) is 4.74 Å². The van der Waals surface area contributed by atoms with Crippen LogP contribution < -0.4 is 4.74 Å². The number of aliphatic hydroxyl groups excluding tert-OH is 1. The highest BCUT2D eigenvalue weighted by Gasteiger charge is 2.41. The van der Waals surface area contributed by atoms with Crippen LogP contribution in [-0.2, 0) is 4.79 Å². The number of rotatable bonds is 4. The number of amidine groups is 1. The van der Waals surface area contributed by atoms with Crippen molar-refractivity contribution >= 4 is 17.8 Å². The van der Waals surface area contributed by atoms with Gasteiger partial charge in [-0.25, -0.2) is 9.37 Å². The molecule has 8 heteroatoms. The number of methoxy groups -OCH3 is 1. The monoisotopic (exact) mass is 460 g/mol. The Labute approximate surface area is 196 Å². The SMILES string of the molecule is COc1cc(/C=C2\CCC(=O)N3C2=NCC(O)C3c2ccc(F)cc2)ccc1-n1cnc(C)c1. The van der Waals surface area contributed by atoms with Gasteiger partial charge in [0.15, 0.2) is 0 Å². The lowest BCUT2D eigenvalue weighted by Gasteiger charge is -2.42. The first-order chi connectivity index (χ1) is 16.4. The number of hydrogen-bond acceptors (Lipinski definition) is 5. The Morgan fingerprint density at radius 3 is 2.68 bits per heavy atom. The standard InChI is InChI=1S/C26H25FN4O3/c1-16-14-30(15-29-16)21-9-3-17(12-23(21)34-2)11-19-6-10-24(33)31-25(22(32)13-28-26(19)31)18-4-7-20(27)8-5-18/h3-5,7-9,11-12,14-15,22,25,32H,6,10,13H2,1-2H3/b19-11+. The molecular formula is C26H25FN4O3. The molecule has 0 saturated carbocycles. The first-order valence-electron chi connectivity index (χ1n) is 11.1. The number of amides is 1. The van der Waals surface area contributed by atoms with E-state index < -0.39 is 12.1 Å². The Hall–Kier alpha value is -3.78. The number of nitrogens with zero attached hydrogens (tertiary/aromatic N) is 4. The molecule has 0 radical (unpaired) electrons. The largest absolute Gasteiger partial charge is 0.495 e. The molecule has 2 unspecified atom stereocenters. The number of hydrogen-bond donors (Lipinski definition) is 1. The van der Waals surface area contributed by atoms with Crippen LogP contribution >= 0.6 is 0 Å². The molecule has 174 valence electrons. The third-order valence-electron chi connectivity index (χ3n) is 6.21. The maximum absolute atomic E-state index is 13.5. The van der Waals surface area contributed by atoms with E-state index in [1.165, 1.54) is 12.1 Å². The molecule has 3 aromatic rings. The number of carbonyl (C=O) groups excluding carboxylic acids is 1. The van der Waals surface area contributed by atoms with Gasteiger partial charge in [-0.2, -0.15) is 0 Å². The second kappa shape index (κ2) is 8.87. The zero-order valence-electron chi connectivity index (χ0n) is 19.0. The molecule has 0 bridgehead atoms. The summed E-state index contributed by atoms with van der Waals surface area (Å²) in [7, 11) is 1.63. The van der Waals surface area contributed by atoms with Crippen LogP contribution in [0.1, 0.15) is 35.7 Å². The third-order valence-corrected chi connectivity index (χ3v) is 6.21. The number of halogens is 1. The molecule has 2 aliphatic heterocycles. The predicted octanol–water partition coefficient (Wildman–Crippen LogP) is 3.85. The van der Waals surface area contributed by atoms with E-state index in [-0.39, 0.29) is 18.3 Å². The van der Waals surface area contributed by atoms with Crippen LogP contribution in [0.25, 0.3) is 11.8 Å². The molecule has 34 heavy (non-hydrogen) atoms. The number of carbonyl (C=O) groups is 1. The number of aliphatic imine (C=N–C) groups is 1. The fourth-order valence-corrected chi connectivity index (χ4v) is 4.58. The van der Waals surface area contributed by atoms with Crippen molar-refractivity contribution < 1.29 is 19.0 Å². The van der Waals surface area contributed by atoms with Gasteiger partial charge in [0.05, 0.1) is 43.5 Å². The molecule has 1 N–H and O–H groups in total. The van der Waals surface area contributed by atoms with Crippen molar-refractivity contribution in [3.05, 3.63) is 83.2 Å². The minimum absolute atomic E-state index is 0.104. The highest BCUT2D eigenvalue weighted by molar-refractivity contribution is 6.13. The van der Waals surface area contributed by atoms with E-state index in [2.05, 4.69) is 9.98 Å². The molecule has 1 aromatic heterocycles. The Bertz CT molecular complexity index is 1300. The van der Waals surface area contributed by atoms with Gasteiger partial charge in [-0.1, -0.05) is 18.2 Å². The molecule has 0 aliphatic carbocycles. The normalized spacial score (nSPS) is 21.4. The van der Waals surface area contributed by atoms with E-state index in [0.29, 0.717) is 30.0 Å². The second-order valence-electron chi connectivity index (χ2n) is 8.51. The van der Waals surface area contributed by atoms with E-state index in [9.17, 15) is 14.3 Å². The van der Waals surface area contributed by atoms with Crippen molar-refractivity contribution in [3.8, 4) is 11.4 Å². The molecule has 2 atom stereocenters. The van der Waals surface area contributed by atoms with Crippen molar-refractivity contribution in [2.24, 2.45) is 4.99 Å².